The van der Waals surface area contributed by atoms with E-state index in [4.69, 9.17) is 5.53 Å². The zero-order valence-corrected chi connectivity index (χ0v) is 9.47. The van der Waals surface area contributed by atoms with E-state index >= 15 is 0 Å². The van der Waals surface area contributed by atoms with Crippen molar-refractivity contribution in [3.05, 3.63) is 34.2 Å². The van der Waals surface area contributed by atoms with Gasteiger partial charge in [-0.3, -0.25) is 0 Å². The second kappa shape index (κ2) is 5.10. The summed E-state index contributed by atoms with van der Waals surface area (Å²) in [5, 5.41) is 3.42. The van der Waals surface area contributed by atoms with Crippen LogP contribution in [0.1, 0.15) is 18.4 Å². The van der Waals surface area contributed by atoms with E-state index in [9.17, 15) is 8.78 Å². The Morgan fingerprint density at radius 3 is 2.78 bits per heavy atom. The Kier molecular flexibility index (Phi) is 3.53. The molecule has 1 aromatic carbocycles. The molecule has 0 amide bonds. The highest BCUT2D eigenvalue weighted by molar-refractivity contribution is 5.45. The molecular formula is C11H11F2N3O2. The van der Waals surface area contributed by atoms with E-state index in [-0.39, 0.29) is 11.5 Å². The van der Waals surface area contributed by atoms with Gasteiger partial charge < -0.3 is 9.47 Å². The summed E-state index contributed by atoms with van der Waals surface area (Å²) < 4.78 is 34.2. The lowest BCUT2D eigenvalue weighted by Gasteiger charge is -2.04. The fraction of sp³-hybridized carbons (Fsp3) is 0.455. The van der Waals surface area contributed by atoms with E-state index in [0.717, 1.165) is 18.4 Å². The third-order valence-electron chi connectivity index (χ3n) is 2.50. The summed E-state index contributed by atoms with van der Waals surface area (Å²) in [6, 6.07) is 4.74. The van der Waals surface area contributed by atoms with Gasteiger partial charge in [0.2, 0.25) is 0 Å². The molecule has 7 heteroatoms. The molecule has 0 saturated heterocycles. The first-order valence-electron chi connectivity index (χ1n) is 5.50. The van der Waals surface area contributed by atoms with Crippen molar-refractivity contribution in [2.24, 2.45) is 5.11 Å². The number of nitrogens with zero attached hydrogens (tertiary/aromatic N) is 3. The van der Waals surface area contributed by atoms with Gasteiger partial charge in [0.05, 0.1) is 0 Å². The van der Waals surface area contributed by atoms with E-state index < -0.39 is 6.29 Å². The summed E-state index contributed by atoms with van der Waals surface area (Å²) in [4.78, 5) is 2.65. The maximum absolute atomic E-state index is 12.8. The van der Waals surface area contributed by atoms with E-state index in [1.54, 1.807) is 12.1 Å². The van der Waals surface area contributed by atoms with Crippen LogP contribution in [-0.4, -0.2) is 12.8 Å². The number of azide groups is 1. The molecule has 2 rings (SSSR count). The number of fused-ring (bicyclic) bond motifs is 1. The number of ether oxygens (including phenoxy) is 2. The van der Waals surface area contributed by atoms with E-state index in [1.807, 2.05) is 0 Å². The Balaban J connectivity index is 1.91. The molecule has 1 aromatic rings. The molecule has 1 aliphatic heterocycles. The Labute approximate surface area is 102 Å². The van der Waals surface area contributed by atoms with Crippen molar-refractivity contribution in [2.75, 3.05) is 6.54 Å². The SMILES string of the molecule is [N-]=[N+]=NCCCCc1ccc2c(c1)OC(F)(F)O2. The van der Waals surface area contributed by atoms with Gasteiger partial charge in [-0.15, -0.1) is 8.78 Å². The van der Waals surface area contributed by atoms with Crippen LogP contribution in [0.3, 0.4) is 0 Å². The number of alkyl halides is 2. The number of rotatable bonds is 5. The van der Waals surface area contributed by atoms with Crippen molar-refractivity contribution in [1.82, 2.24) is 0 Å². The Morgan fingerprint density at radius 2 is 2.00 bits per heavy atom. The molecule has 0 fully saturated rings. The molecule has 0 aliphatic carbocycles. The maximum Gasteiger partial charge on any atom is 0.586 e. The molecule has 1 aliphatic rings. The molecule has 18 heavy (non-hydrogen) atoms. The maximum atomic E-state index is 12.8. The van der Waals surface area contributed by atoms with Gasteiger partial charge in [-0.25, -0.2) is 0 Å². The fourth-order valence-corrected chi connectivity index (χ4v) is 1.71. The average Bonchev–Trinajstić information content (AvgIpc) is 2.62. The van der Waals surface area contributed by atoms with Gasteiger partial charge in [0.25, 0.3) is 0 Å². The molecule has 0 N–H and O–H groups in total. The number of aryl methyl sites for hydroxylation is 1. The predicted molar refractivity (Wildman–Crippen MR) is 59.6 cm³/mol. The van der Waals surface area contributed by atoms with Crippen LogP contribution >= 0.6 is 0 Å². The predicted octanol–water partition coefficient (Wildman–Crippen LogP) is 3.64. The summed E-state index contributed by atoms with van der Waals surface area (Å²) in [7, 11) is 0. The van der Waals surface area contributed by atoms with E-state index in [2.05, 4.69) is 19.5 Å². The van der Waals surface area contributed by atoms with Crippen LogP contribution in [0.5, 0.6) is 11.5 Å². The van der Waals surface area contributed by atoms with Gasteiger partial charge >= 0.3 is 6.29 Å². The van der Waals surface area contributed by atoms with Gasteiger partial charge in [0.15, 0.2) is 11.5 Å². The first-order chi connectivity index (χ1) is 8.61. The summed E-state index contributed by atoms with van der Waals surface area (Å²) in [6.45, 7) is 0.444. The van der Waals surface area contributed by atoms with Crippen molar-refractivity contribution in [3.63, 3.8) is 0 Å². The normalized spacial score (nSPS) is 15.2. The van der Waals surface area contributed by atoms with Crippen LogP contribution in [0.25, 0.3) is 10.4 Å². The highest BCUT2D eigenvalue weighted by atomic mass is 19.3. The van der Waals surface area contributed by atoms with Crippen LogP contribution < -0.4 is 9.47 Å². The highest BCUT2D eigenvalue weighted by Crippen LogP contribution is 2.41. The molecule has 0 atom stereocenters. The Bertz CT molecular complexity index is 487. The second-order valence-electron chi connectivity index (χ2n) is 3.86. The summed E-state index contributed by atoms with van der Waals surface area (Å²) in [5.41, 5.74) is 8.98. The minimum atomic E-state index is -3.57. The average molecular weight is 255 g/mol. The third kappa shape index (κ3) is 3.01. The molecule has 0 bridgehead atoms. The van der Waals surface area contributed by atoms with E-state index in [0.29, 0.717) is 13.0 Å². The smallest absolute Gasteiger partial charge is 0.395 e. The van der Waals surface area contributed by atoms with E-state index in [1.165, 1.54) is 6.07 Å². The van der Waals surface area contributed by atoms with Crippen LogP contribution in [0.15, 0.2) is 23.3 Å². The fourth-order valence-electron chi connectivity index (χ4n) is 1.71. The molecule has 1 heterocycles. The zero-order valence-electron chi connectivity index (χ0n) is 9.47. The molecule has 0 spiro atoms. The number of unbranched alkanes of at least 4 members (excludes halogenated alkanes) is 1. The molecule has 0 aromatic heterocycles. The minimum Gasteiger partial charge on any atom is -0.395 e. The van der Waals surface area contributed by atoms with Crippen molar-refractivity contribution >= 4 is 0 Å². The molecule has 5 nitrogen and oxygen atoms in total. The zero-order chi connectivity index (χ0) is 13.0. The second-order valence-corrected chi connectivity index (χ2v) is 3.86. The van der Waals surface area contributed by atoms with Gasteiger partial charge in [0.1, 0.15) is 0 Å². The quantitative estimate of drug-likeness (QED) is 0.349. The number of benzene rings is 1. The lowest BCUT2D eigenvalue weighted by molar-refractivity contribution is -0.286. The van der Waals surface area contributed by atoms with Crippen molar-refractivity contribution in [1.29, 1.82) is 0 Å². The summed E-state index contributed by atoms with van der Waals surface area (Å²) in [5.74, 6) is 0.116. The Hall–Kier alpha value is -2.01. The molecule has 0 saturated carbocycles. The standard InChI is InChI=1S/C11H11F2N3O2/c12-11(13)17-9-5-4-8(7-10(9)18-11)3-1-2-6-15-16-14/h4-5,7H,1-3,6H2. The third-order valence-corrected chi connectivity index (χ3v) is 2.50. The van der Waals surface area contributed by atoms with Gasteiger partial charge in [-0.05, 0) is 42.5 Å². The van der Waals surface area contributed by atoms with Crippen molar-refractivity contribution in [3.8, 4) is 11.5 Å². The summed E-state index contributed by atoms with van der Waals surface area (Å²) in [6.07, 6.45) is -1.28. The largest absolute Gasteiger partial charge is 0.586 e. The lowest BCUT2D eigenvalue weighted by atomic mass is 10.1. The van der Waals surface area contributed by atoms with Crippen LogP contribution in [0, 0.1) is 0 Å². The van der Waals surface area contributed by atoms with Gasteiger partial charge in [-0.2, -0.15) is 0 Å². The first kappa shape index (κ1) is 12.4. The number of hydrogen-bond donors (Lipinski definition) is 0. The highest BCUT2D eigenvalue weighted by Gasteiger charge is 2.43. The van der Waals surface area contributed by atoms with Gasteiger partial charge in [-0.1, -0.05) is 11.2 Å². The van der Waals surface area contributed by atoms with Crippen LogP contribution in [0.2, 0.25) is 0 Å². The monoisotopic (exact) mass is 255 g/mol. The molecule has 0 unspecified atom stereocenters. The van der Waals surface area contributed by atoms with Gasteiger partial charge in [0, 0.05) is 11.5 Å². The van der Waals surface area contributed by atoms with Crippen LogP contribution in [-0.2, 0) is 6.42 Å². The molecule has 96 valence electrons. The minimum absolute atomic E-state index is 0.0535. The molecular weight excluding hydrogens is 244 g/mol. The number of halogens is 2. The Morgan fingerprint density at radius 1 is 1.22 bits per heavy atom. The lowest BCUT2D eigenvalue weighted by Crippen LogP contribution is -2.25. The first-order valence-corrected chi connectivity index (χ1v) is 5.50. The van der Waals surface area contributed by atoms with Crippen LogP contribution in [0.4, 0.5) is 8.78 Å². The topological polar surface area (TPSA) is 67.2 Å². The number of hydrogen-bond acceptors (Lipinski definition) is 3. The summed E-state index contributed by atoms with van der Waals surface area (Å²) >= 11 is 0. The molecule has 0 radical (unpaired) electrons. The van der Waals surface area contributed by atoms with Crippen molar-refractivity contribution in [2.45, 2.75) is 25.6 Å². The van der Waals surface area contributed by atoms with Crippen molar-refractivity contribution < 1.29 is 18.3 Å².